The first-order valence-corrected chi connectivity index (χ1v) is 10.9. The summed E-state index contributed by atoms with van der Waals surface area (Å²) < 4.78 is 47.0. The summed E-state index contributed by atoms with van der Waals surface area (Å²) in [6.07, 6.45) is -4.64. The van der Waals surface area contributed by atoms with Gasteiger partial charge in [0.15, 0.2) is 5.96 Å². The highest BCUT2D eigenvalue weighted by atomic mass is 19.4. The smallest absolute Gasteiger partial charge is 0.417 e. The van der Waals surface area contributed by atoms with Gasteiger partial charge in [0.05, 0.1) is 11.1 Å². The molecule has 10 heteroatoms. The van der Waals surface area contributed by atoms with E-state index in [1.165, 1.54) is 13.1 Å². The van der Waals surface area contributed by atoms with E-state index in [2.05, 4.69) is 34.0 Å². The monoisotopic (exact) mass is 475 g/mol. The van der Waals surface area contributed by atoms with Crippen molar-refractivity contribution in [1.82, 2.24) is 15.2 Å². The highest BCUT2D eigenvalue weighted by molar-refractivity contribution is 6.04. The zero-order valence-corrected chi connectivity index (χ0v) is 19.3. The van der Waals surface area contributed by atoms with Crippen molar-refractivity contribution in [2.75, 3.05) is 20.1 Å². The molecule has 0 radical (unpaired) electrons. The molecule has 4 N–H and O–H groups in total. The van der Waals surface area contributed by atoms with Gasteiger partial charge in [-0.25, -0.2) is 0 Å². The molecule has 0 saturated carbocycles. The third-order valence-electron chi connectivity index (χ3n) is 5.42. The molecule has 1 heterocycles. The number of carbonyl (C=O) groups is 1. The topological polar surface area (TPSA) is 95.7 Å². The lowest BCUT2D eigenvalue weighted by molar-refractivity contribution is -0.136. The van der Waals surface area contributed by atoms with Crippen LogP contribution in [0.5, 0.6) is 5.75 Å². The van der Waals surface area contributed by atoms with Gasteiger partial charge in [-0.05, 0) is 36.3 Å². The summed E-state index contributed by atoms with van der Waals surface area (Å²) in [7, 11) is 1.47. The van der Waals surface area contributed by atoms with E-state index in [1.807, 2.05) is 24.3 Å². The first kappa shape index (κ1) is 25.1. The lowest BCUT2D eigenvalue weighted by Gasteiger charge is -2.18. The number of alkyl halides is 3. The van der Waals surface area contributed by atoms with Crippen LogP contribution in [0.2, 0.25) is 0 Å². The number of halogens is 3. The van der Waals surface area contributed by atoms with Crippen molar-refractivity contribution < 1.29 is 22.7 Å². The van der Waals surface area contributed by atoms with Crippen LogP contribution in [0.3, 0.4) is 0 Å². The Balaban J connectivity index is 1.88. The number of hydrogen-bond donors (Lipinski definition) is 3. The summed E-state index contributed by atoms with van der Waals surface area (Å²) in [4.78, 5) is 20.8. The molecule has 0 spiro atoms. The Morgan fingerprint density at radius 2 is 1.85 bits per heavy atom. The maximum atomic E-state index is 13.8. The SMILES string of the molecule is CCN(CC)Cc1cccc(COc2cc(C(F)(F)F)c3cc(C(=O)N=C(N)NC)[nH]c3c2)c1. The van der Waals surface area contributed by atoms with E-state index in [4.69, 9.17) is 10.5 Å². The highest BCUT2D eigenvalue weighted by Gasteiger charge is 2.34. The van der Waals surface area contributed by atoms with Gasteiger partial charge >= 0.3 is 6.18 Å². The molecule has 0 bridgehead atoms. The molecule has 0 aliphatic carbocycles. The van der Waals surface area contributed by atoms with E-state index in [-0.39, 0.29) is 34.9 Å². The summed E-state index contributed by atoms with van der Waals surface area (Å²) in [6.45, 7) is 6.91. The maximum absolute atomic E-state index is 13.8. The third-order valence-corrected chi connectivity index (χ3v) is 5.42. The van der Waals surface area contributed by atoms with E-state index in [1.54, 1.807) is 0 Å². The Hall–Kier alpha value is -3.53. The van der Waals surface area contributed by atoms with Crippen LogP contribution in [0, 0.1) is 0 Å². The first-order valence-electron chi connectivity index (χ1n) is 10.9. The molecule has 0 atom stereocenters. The number of hydrogen-bond acceptors (Lipinski definition) is 3. The predicted molar refractivity (Wildman–Crippen MR) is 126 cm³/mol. The van der Waals surface area contributed by atoms with Gasteiger partial charge in [0, 0.05) is 25.0 Å². The van der Waals surface area contributed by atoms with Crippen LogP contribution < -0.4 is 15.8 Å². The predicted octanol–water partition coefficient (Wildman–Crippen LogP) is 4.28. The van der Waals surface area contributed by atoms with Gasteiger partial charge in [-0.15, -0.1) is 0 Å². The number of benzene rings is 2. The molecular weight excluding hydrogens is 447 g/mol. The van der Waals surface area contributed by atoms with Gasteiger partial charge in [-0.3, -0.25) is 9.69 Å². The van der Waals surface area contributed by atoms with Crippen molar-refractivity contribution in [3.05, 3.63) is 64.8 Å². The largest absolute Gasteiger partial charge is 0.489 e. The van der Waals surface area contributed by atoms with Gasteiger partial charge in [-0.1, -0.05) is 38.1 Å². The van der Waals surface area contributed by atoms with Crippen molar-refractivity contribution in [3.63, 3.8) is 0 Å². The number of nitrogens with zero attached hydrogens (tertiary/aromatic N) is 2. The molecule has 0 aliphatic rings. The maximum Gasteiger partial charge on any atom is 0.417 e. The number of H-pyrrole nitrogens is 1. The zero-order chi connectivity index (χ0) is 24.9. The Morgan fingerprint density at radius 1 is 1.15 bits per heavy atom. The number of rotatable bonds is 8. The summed E-state index contributed by atoms with van der Waals surface area (Å²) in [6, 6.07) is 11.3. The molecule has 7 nitrogen and oxygen atoms in total. The fourth-order valence-corrected chi connectivity index (χ4v) is 3.56. The zero-order valence-electron chi connectivity index (χ0n) is 19.3. The number of fused-ring (bicyclic) bond motifs is 1. The Labute approximate surface area is 195 Å². The van der Waals surface area contributed by atoms with Crippen molar-refractivity contribution in [2.45, 2.75) is 33.2 Å². The molecule has 0 saturated heterocycles. The van der Waals surface area contributed by atoms with Crippen LogP contribution >= 0.6 is 0 Å². The van der Waals surface area contributed by atoms with E-state index in [0.29, 0.717) is 0 Å². The van der Waals surface area contributed by atoms with E-state index in [0.717, 1.165) is 42.9 Å². The number of ether oxygens (including phenoxy) is 1. The van der Waals surface area contributed by atoms with Crippen LogP contribution in [-0.4, -0.2) is 41.9 Å². The van der Waals surface area contributed by atoms with Gasteiger partial charge in [0.25, 0.3) is 5.91 Å². The molecule has 0 unspecified atom stereocenters. The van der Waals surface area contributed by atoms with Gasteiger partial charge < -0.3 is 20.8 Å². The molecule has 3 rings (SSSR count). The minimum absolute atomic E-state index is 0.0352. The summed E-state index contributed by atoms with van der Waals surface area (Å²) >= 11 is 0. The van der Waals surface area contributed by atoms with E-state index in [9.17, 15) is 18.0 Å². The Kier molecular flexibility index (Phi) is 7.83. The highest BCUT2D eigenvalue weighted by Crippen LogP contribution is 2.38. The first-order chi connectivity index (χ1) is 16.1. The van der Waals surface area contributed by atoms with Gasteiger partial charge in [0.2, 0.25) is 0 Å². The number of aliphatic imine (C=N–C) groups is 1. The number of guanidine groups is 1. The average molecular weight is 476 g/mol. The summed E-state index contributed by atoms with van der Waals surface area (Å²) in [5, 5.41) is 2.34. The molecule has 3 aromatic rings. The van der Waals surface area contributed by atoms with Crippen LogP contribution in [0.4, 0.5) is 13.2 Å². The second-order valence-electron chi connectivity index (χ2n) is 7.74. The lowest BCUT2D eigenvalue weighted by atomic mass is 10.1. The van der Waals surface area contributed by atoms with Crippen LogP contribution in [0.25, 0.3) is 10.9 Å². The van der Waals surface area contributed by atoms with Crippen molar-refractivity contribution in [1.29, 1.82) is 0 Å². The van der Waals surface area contributed by atoms with Crippen LogP contribution in [-0.2, 0) is 19.3 Å². The standard InChI is InChI=1S/C24H28F3N5O2/c1-4-32(5-2)13-15-7-6-8-16(9-15)14-34-17-10-19(24(25,26)27)18-12-21(30-20(18)11-17)22(33)31-23(28)29-3/h6-12,30H,4-5,13-14H2,1-3H3,(H3,28,29,31,33). The quantitative estimate of drug-likeness (QED) is 0.334. The van der Waals surface area contributed by atoms with Crippen LogP contribution in [0.1, 0.15) is 41.0 Å². The third kappa shape index (κ3) is 6.07. The van der Waals surface area contributed by atoms with E-state index < -0.39 is 17.6 Å². The van der Waals surface area contributed by atoms with E-state index >= 15 is 0 Å². The normalized spacial score (nSPS) is 12.4. The second kappa shape index (κ2) is 10.6. The lowest BCUT2D eigenvalue weighted by Crippen LogP contribution is -2.28. The molecule has 1 aromatic heterocycles. The Bertz CT molecular complexity index is 1180. The number of amides is 1. The van der Waals surface area contributed by atoms with Crippen LogP contribution in [0.15, 0.2) is 47.5 Å². The molecular formula is C24H28F3N5O2. The van der Waals surface area contributed by atoms with Crippen molar-refractivity contribution >= 4 is 22.8 Å². The number of aromatic amines is 1. The summed E-state index contributed by atoms with van der Waals surface area (Å²) in [5.74, 6) is -0.899. The fourth-order valence-electron chi connectivity index (χ4n) is 3.56. The average Bonchev–Trinajstić information content (AvgIpc) is 3.24. The fraction of sp³-hybridized carbons (Fsp3) is 0.333. The molecule has 0 fully saturated rings. The molecule has 1 amide bonds. The van der Waals surface area contributed by atoms with Crippen molar-refractivity contribution in [2.24, 2.45) is 10.7 Å². The second-order valence-corrected chi connectivity index (χ2v) is 7.74. The number of carbonyl (C=O) groups excluding carboxylic acids is 1. The van der Waals surface area contributed by atoms with Gasteiger partial charge in [-0.2, -0.15) is 18.2 Å². The number of aromatic nitrogens is 1. The van der Waals surface area contributed by atoms with Gasteiger partial charge in [0.1, 0.15) is 18.1 Å². The number of nitrogens with one attached hydrogen (secondary N) is 2. The molecule has 2 aromatic carbocycles. The Morgan fingerprint density at radius 3 is 2.50 bits per heavy atom. The molecule has 182 valence electrons. The minimum atomic E-state index is -4.64. The van der Waals surface area contributed by atoms with Crippen molar-refractivity contribution in [3.8, 4) is 5.75 Å². The molecule has 34 heavy (non-hydrogen) atoms. The molecule has 0 aliphatic heterocycles. The minimum Gasteiger partial charge on any atom is -0.489 e. The summed E-state index contributed by atoms with van der Waals surface area (Å²) in [5.41, 5.74) is 6.52. The number of nitrogens with two attached hydrogens (primary N) is 1.